The molecule has 3 N–H and O–H groups in total. The Balaban J connectivity index is 1.44. The highest BCUT2D eigenvalue weighted by atomic mass is 19.1. The van der Waals surface area contributed by atoms with Crippen molar-refractivity contribution >= 4 is 22.8 Å². The van der Waals surface area contributed by atoms with Crippen LogP contribution in [0.1, 0.15) is 74.3 Å². The van der Waals surface area contributed by atoms with Crippen molar-refractivity contribution < 1.29 is 32.6 Å². The number of carboxylic acids is 1. The van der Waals surface area contributed by atoms with Gasteiger partial charge in [0.1, 0.15) is 23.2 Å². The van der Waals surface area contributed by atoms with Gasteiger partial charge in [-0.15, -0.1) is 0 Å². The maximum Gasteiger partial charge on any atom is 0.303 e. The van der Waals surface area contributed by atoms with Crippen molar-refractivity contribution in [2.75, 3.05) is 13.6 Å². The van der Waals surface area contributed by atoms with Gasteiger partial charge in [0.2, 0.25) is 5.91 Å². The zero-order valence-corrected chi connectivity index (χ0v) is 27.7. The Morgan fingerprint density at radius 3 is 2.71 bits per heavy atom. The lowest BCUT2D eigenvalue weighted by Crippen LogP contribution is -2.36. The van der Waals surface area contributed by atoms with Gasteiger partial charge in [0.05, 0.1) is 5.56 Å². The van der Waals surface area contributed by atoms with E-state index in [9.17, 15) is 14.7 Å². The number of carboxylic acid groups (broad SMARTS) is 1. The predicted octanol–water partition coefficient (Wildman–Crippen LogP) is 8.52. The molecular weight excluding hydrogens is 633 g/mol. The van der Waals surface area contributed by atoms with Gasteiger partial charge in [-0.3, -0.25) is 9.59 Å². The van der Waals surface area contributed by atoms with Crippen LogP contribution in [0.3, 0.4) is 0 Å². The van der Waals surface area contributed by atoms with Gasteiger partial charge in [-0.1, -0.05) is 38.5 Å². The monoisotopic (exact) mass is 672 g/mol. The van der Waals surface area contributed by atoms with E-state index in [1.54, 1.807) is 42.5 Å². The maximum atomic E-state index is 16.0. The van der Waals surface area contributed by atoms with Crippen LogP contribution in [0.15, 0.2) is 60.9 Å². The third kappa shape index (κ3) is 7.35. The highest BCUT2D eigenvalue weighted by Gasteiger charge is 2.28. The summed E-state index contributed by atoms with van der Waals surface area (Å²) in [5, 5.41) is 9.92. The SMILES string of the molecule is CN1CC(C)(C)CCCC(c2cccc(CCC(=O)O)c2F)c2cnc([nH]2)-c2cc(ccc2F)Oc2c(F)cc3[nH]ccc3c2CCC1=O. The topological polar surface area (TPSA) is 111 Å². The summed E-state index contributed by atoms with van der Waals surface area (Å²) in [7, 11) is 1.76. The lowest BCUT2D eigenvalue weighted by Gasteiger charge is -2.31. The highest BCUT2D eigenvalue weighted by Crippen LogP contribution is 2.39. The van der Waals surface area contributed by atoms with Crippen molar-refractivity contribution in [1.82, 2.24) is 19.9 Å². The number of hydrogen-bond donors (Lipinski definition) is 3. The summed E-state index contributed by atoms with van der Waals surface area (Å²) in [4.78, 5) is 37.0. The molecule has 0 fully saturated rings. The first kappa shape index (κ1) is 33.8. The quantitative estimate of drug-likeness (QED) is 0.177. The minimum atomic E-state index is -1.02. The van der Waals surface area contributed by atoms with Crippen LogP contribution in [0.4, 0.5) is 13.2 Å². The Kier molecular flexibility index (Phi) is 9.54. The first-order valence-corrected chi connectivity index (χ1v) is 16.4. The molecule has 1 unspecified atom stereocenters. The second-order valence-electron chi connectivity index (χ2n) is 13.6. The number of aromatic amines is 2. The summed E-state index contributed by atoms with van der Waals surface area (Å²) in [6.45, 7) is 4.63. The van der Waals surface area contributed by atoms with E-state index in [-0.39, 0.29) is 59.9 Å². The molecule has 1 aliphatic heterocycles. The van der Waals surface area contributed by atoms with Crippen molar-refractivity contribution in [1.29, 1.82) is 0 Å². The van der Waals surface area contributed by atoms with Crippen molar-refractivity contribution in [2.45, 2.75) is 64.7 Å². The molecule has 3 aromatic carbocycles. The van der Waals surface area contributed by atoms with E-state index < -0.39 is 29.3 Å². The number of ether oxygens (including phenoxy) is 1. The Bertz CT molecular complexity index is 2020. The predicted molar refractivity (Wildman–Crippen MR) is 180 cm³/mol. The number of halogens is 3. The highest BCUT2D eigenvalue weighted by molar-refractivity contribution is 5.86. The molecule has 8 nitrogen and oxygen atoms in total. The number of carbonyl (C=O) groups excluding carboxylic acids is 1. The molecule has 0 saturated heterocycles. The fourth-order valence-corrected chi connectivity index (χ4v) is 6.90. The third-order valence-corrected chi connectivity index (χ3v) is 9.37. The second kappa shape index (κ2) is 13.8. The van der Waals surface area contributed by atoms with E-state index >= 15 is 13.2 Å². The Morgan fingerprint density at radius 1 is 1.10 bits per heavy atom. The normalized spacial score (nSPS) is 17.1. The van der Waals surface area contributed by atoms with Crippen LogP contribution in [0.25, 0.3) is 22.3 Å². The van der Waals surface area contributed by atoms with Crippen molar-refractivity contribution in [2.24, 2.45) is 5.41 Å². The number of carbonyl (C=O) groups is 2. The number of nitrogens with zero attached hydrogens (tertiary/aromatic N) is 2. The fraction of sp³-hybridized carbons (Fsp3) is 0.342. The summed E-state index contributed by atoms with van der Waals surface area (Å²) in [6.07, 6.45) is 5.33. The molecular formula is C38H39F3N4O4. The lowest BCUT2D eigenvalue weighted by atomic mass is 9.82. The number of aryl methyl sites for hydroxylation is 2. The Labute approximate surface area is 282 Å². The van der Waals surface area contributed by atoms with Crippen LogP contribution in [-0.2, 0) is 22.4 Å². The molecule has 4 bridgehead atoms. The Hall–Kier alpha value is -5.06. The van der Waals surface area contributed by atoms with Gasteiger partial charge in [0.25, 0.3) is 0 Å². The first-order valence-electron chi connectivity index (χ1n) is 16.4. The average Bonchev–Trinajstić information content (AvgIpc) is 3.73. The van der Waals surface area contributed by atoms with Crippen LogP contribution in [0.2, 0.25) is 0 Å². The number of H-pyrrole nitrogens is 2. The standard InChI is InChI=1S/C38H39F3N4O4/c1-38(2)16-5-8-24(26-7-4-6-22(35(26)41)9-14-34(47)48)32-20-43-37(44-32)28-18-23(10-12-29(28)39)49-36-27(11-13-33(46)45(3)21-38)25-15-17-42-31(25)19-30(36)40/h4,6-7,10,12,15,17-20,24,42H,5,8-9,11,13-14,16,21H2,1-3H3,(H,43,44)(H,47,48). The molecule has 0 radical (unpaired) electrons. The van der Waals surface area contributed by atoms with Crippen LogP contribution in [0.5, 0.6) is 11.5 Å². The number of nitrogens with one attached hydrogen (secondary N) is 2. The van der Waals surface area contributed by atoms with E-state index in [4.69, 9.17) is 4.74 Å². The van der Waals surface area contributed by atoms with Crippen LogP contribution in [-0.4, -0.2) is 50.4 Å². The zero-order valence-electron chi connectivity index (χ0n) is 27.7. The van der Waals surface area contributed by atoms with Gasteiger partial charge in [0.15, 0.2) is 11.6 Å². The van der Waals surface area contributed by atoms with E-state index in [1.807, 2.05) is 6.07 Å². The van der Waals surface area contributed by atoms with Crippen LogP contribution < -0.4 is 4.74 Å². The van der Waals surface area contributed by atoms with Crippen molar-refractivity contribution in [3.63, 3.8) is 0 Å². The molecule has 1 amide bonds. The molecule has 49 heavy (non-hydrogen) atoms. The summed E-state index contributed by atoms with van der Waals surface area (Å²) < 4.78 is 53.1. The molecule has 5 aromatic rings. The molecule has 3 heterocycles. The Morgan fingerprint density at radius 2 is 1.92 bits per heavy atom. The molecule has 0 aliphatic carbocycles. The number of amides is 1. The minimum Gasteiger partial charge on any atom is -0.481 e. The van der Waals surface area contributed by atoms with Crippen LogP contribution >= 0.6 is 0 Å². The van der Waals surface area contributed by atoms with Gasteiger partial charge >= 0.3 is 5.97 Å². The zero-order chi connectivity index (χ0) is 34.9. The molecule has 0 spiro atoms. The average molecular weight is 673 g/mol. The van der Waals surface area contributed by atoms with Crippen molar-refractivity contribution in [3.05, 3.63) is 101 Å². The molecule has 256 valence electrons. The number of fused-ring (bicyclic) bond motifs is 8. The molecule has 1 aliphatic rings. The summed E-state index contributed by atoms with van der Waals surface area (Å²) in [5.74, 6) is -3.00. The molecule has 2 aromatic heterocycles. The van der Waals surface area contributed by atoms with Gasteiger partial charge < -0.3 is 24.7 Å². The number of hydrogen-bond acceptors (Lipinski definition) is 4. The summed E-state index contributed by atoms with van der Waals surface area (Å²) in [6, 6.07) is 12.2. The number of aromatic nitrogens is 3. The number of aliphatic carboxylic acids is 1. The molecule has 6 rings (SSSR count). The second-order valence-corrected chi connectivity index (χ2v) is 13.6. The largest absolute Gasteiger partial charge is 0.481 e. The molecule has 1 atom stereocenters. The van der Waals surface area contributed by atoms with E-state index in [0.29, 0.717) is 53.7 Å². The molecule has 0 saturated carbocycles. The van der Waals surface area contributed by atoms with Gasteiger partial charge in [-0.25, -0.2) is 18.2 Å². The van der Waals surface area contributed by atoms with E-state index in [1.165, 1.54) is 24.3 Å². The van der Waals surface area contributed by atoms with Gasteiger partial charge in [-0.2, -0.15) is 0 Å². The molecule has 11 heteroatoms. The fourth-order valence-electron chi connectivity index (χ4n) is 6.90. The van der Waals surface area contributed by atoms with Crippen molar-refractivity contribution in [3.8, 4) is 22.9 Å². The number of rotatable bonds is 4. The smallest absolute Gasteiger partial charge is 0.303 e. The lowest BCUT2D eigenvalue weighted by molar-refractivity contribution is -0.137. The maximum absolute atomic E-state index is 16.0. The van der Waals surface area contributed by atoms with Gasteiger partial charge in [0, 0.05) is 73.0 Å². The van der Waals surface area contributed by atoms with Gasteiger partial charge in [-0.05, 0) is 66.5 Å². The summed E-state index contributed by atoms with van der Waals surface area (Å²) in [5.41, 5.74) is 2.13. The van der Waals surface area contributed by atoms with E-state index in [0.717, 1.165) is 5.39 Å². The number of benzene rings is 3. The van der Waals surface area contributed by atoms with E-state index in [2.05, 4.69) is 28.8 Å². The first-order chi connectivity index (χ1) is 23.4. The minimum absolute atomic E-state index is 0.0423. The number of imidazole rings is 1. The third-order valence-electron chi connectivity index (χ3n) is 9.37. The summed E-state index contributed by atoms with van der Waals surface area (Å²) >= 11 is 0. The van der Waals surface area contributed by atoms with Crippen LogP contribution in [0, 0.1) is 22.9 Å².